The minimum Gasteiger partial charge on any atom is -0.492 e. The number of para-hydroxylation sites is 1. The zero-order valence-electron chi connectivity index (χ0n) is 11.3. The Hall–Kier alpha value is -1.77. The summed E-state index contributed by atoms with van der Waals surface area (Å²) in [5, 5.41) is 0.704. The van der Waals surface area contributed by atoms with E-state index in [-0.39, 0.29) is 11.3 Å². The van der Waals surface area contributed by atoms with E-state index in [2.05, 4.69) is 4.98 Å². The number of ether oxygens (including phenoxy) is 1. The van der Waals surface area contributed by atoms with Crippen molar-refractivity contribution in [2.45, 2.75) is 33.6 Å². The Morgan fingerprint density at radius 3 is 2.67 bits per heavy atom. The molecule has 0 bridgehead atoms. The van der Waals surface area contributed by atoms with Crippen LogP contribution in [-0.2, 0) is 0 Å². The molecular formula is C15H19NO2. The third-order valence-corrected chi connectivity index (χ3v) is 3.11. The van der Waals surface area contributed by atoms with Gasteiger partial charge in [0.15, 0.2) is 5.43 Å². The van der Waals surface area contributed by atoms with Crippen LogP contribution in [0.25, 0.3) is 10.9 Å². The lowest BCUT2D eigenvalue weighted by Crippen LogP contribution is -2.15. The van der Waals surface area contributed by atoms with Crippen molar-refractivity contribution in [2.75, 3.05) is 6.61 Å². The van der Waals surface area contributed by atoms with Crippen LogP contribution in [0.15, 0.2) is 23.0 Å². The molecule has 3 nitrogen and oxygen atoms in total. The van der Waals surface area contributed by atoms with Gasteiger partial charge in [-0.05, 0) is 31.9 Å². The zero-order chi connectivity index (χ0) is 13.3. The number of rotatable bonds is 3. The molecule has 3 heteroatoms. The number of hydrogen-bond acceptors (Lipinski definition) is 2. The van der Waals surface area contributed by atoms with Crippen LogP contribution < -0.4 is 10.2 Å². The molecule has 0 aliphatic carbocycles. The number of benzene rings is 1. The van der Waals surface area contributed by atoms with E-state index in [0.29, 0.717) is 12.0 Å². The molecule has 0 aliphatic heterocycles. The van der Waals surface area contributed by atoms with Crippen molar-refractivity contribution in [3.8, 4) is 5.75 Å². The van der Waals surface area contributed by atoms with Crippen molar-refractivity contribution in [2.24, 2.45) is 0 Å². The van der Waals surface area contributed by atoms with Crippen molar-refractivity contribution in [1.29, 1.82) is 0 Å². The minimum atomic E-state index is 0.109. The molecule has 1 aromatic heterocycles. The summed E-state index contributed by atoms with van der Waals surface area (Å²) in [6.45, 7) is 8.54. The fourth-order valence-electron chi connectivity index (χ4n) is 2.39. The van der Waals surface area contributed by atoms with E-state index in [1.54, 1.807) is 0 Å². The normalized spacial score (nSPS) is 11.2. The molecule has 0 aliphatic rings. The number of pyridine rings is 1. The van der Waals surface area contributed by atoms with Crippen LogP contribution in [0.4, 0.5) is 0 Å². The van der Waals surface area contributed by atoms with Crippen molar-refractivity contribution >= 4 is 10.9 Å². The van der Waals surface area contributed by atoms with Gasteiger partial charge in [0, 0.05) is 16.6 Å². The third kappa shape index (κ3) is 2.01. The Kier molecular flexibility index (Phi) is 3.41. The Morgan fingerprint density at radius 2 is 2.06 bits per heavy atom. The maximum atomic E-state index is 12.5. The average Bonchev–Trinajstić information content (AvgIpc) is 2.30. The van der Waals surface area contributed by atoms with E-state index < -0.39 is 0 Å². The van der Waals surface area contributed by atoms with Crippen LogP contribution in [-0.4, -0.2) is 11.6 Å². The van der Waals surface area contributed by atoms with E-state index in [9.17, 15) is 4.79 Å². The van der Waals surface area contributed by atoms with E-state index in [1.165, 1.54) is 0 Å². The van der Waals surface area contributed by atoms with Crippen molar-refractivity contribution in [3.05, 3.63) is 39.7 Å². The Balaban J connectivity index is 2.81. The molecule has 0 radical (unpaired) electrons. The first-order chi connectivity index (χ1) is 8.56. The van der Waals surface area contributed by atoms with Crippen LogP contribution in [0.3, 0.4) is 0 Å². The topological polar surface area (TPSA) is 42.1 Å². The van der Waals surface area contributed by atoms with Gasteiger partial charge < -0.3 is 9.72 Å². The molecule has 0 fully saturated rings. The van der Waals surface area contributed by atoms with Crippen molar-refractivity contribution in [1.82, 2.24) is 4.98 Å². The summed E-state index contributed by atoms with van der Waals surface area (Å²) in [5.41, 5.74) is 2.69. The first-order valence-electron chi connectivity index (χ1n) is 6.34. The average molecular weight is 245 g/mol. The second kappa shape index (κ2) is 4.84. The van der Waals surface area contributed by atoms with E-state index in [0.717, 1.165) is 22.5 Å². The maximum Gasteiger partial charge on any atom is 0.193 e. The highest BCUT2D eigenvalue weighted by atomic mass is 16.5. The molecular weight excluding hydrogens is 226 g/mol. The molecule has 0 saturated heterocycles. The summed E-state index contributed by atoms with van der Waals surface area (Å²) in [7, 11) is 0. The molecule has 1 N–H and O–H groups in total. The fourth-order valence-corrected chi connectivity index (χ4v) is 2.39. The van der Waals surface area contributed by atoms with Crippen LogP contribution in [0.2, 0.25) is 0 Å². The second-order valence-electron chi connectivity index (χ2n) is 4.76. The predicted molar refractivity (Wildman–Crippen MR) is 74.6 cm³/mol. The summed E-state index contributed by atoms with van der Waals surface area (Å²) < 4.78 is 5.56. The summed E-state index contributed by atoms with van der Waals surface area (Å²) in [5.74, 6) is 0.958. The molecule has 0 unspecified atom stereocenters. The predicted octanol–water partition coefficient (Wildman–Crippen LogP) is 3.36. The standard InChI is InChI=1S/C15H19NO2/c1-5-18-12-8-6-7-11-14(12)16-10(4)13(9(2)3)15(11)17/h6-9H,5H2,1-4H3,(H,16,17). The van der Waals surface area contributed by atoms with Gasteiger partial charge in [-0.3, -0.25) is 4.79 Å². The SMILES string of the molecule is CCOc1cccc2c(=O)c(C(C)C)c(C)[nH]c12. The van der Waals surface area contributed by atoms with Gasteiger partial charge in [0.2, 0.25) is 0 Å². The molecule has 0 spiro atoms. The first-order valence-corrected chi connectivity index (χ1v) is 6.34. The molecule has 2 rings (SSSR count). The monoisotopic (exact) mass is 245 g/mol. The summed E-state index contributed by atoms with van der Waals surface area (Å²) >= 11 is 0. The number of aromatic amines is 1. The molecule has 1 heterocycles. The Morgan fingerprint density at radius 1 is 1.33 bits per heavy atom. The van der Waals surface area contributed by atoms with Gasteiger partial charge in [0.1, 0.15) is 5.75 Å². The second-order valence-corrected chi connectivity index (χ2v) is 4.76. The molecule has 1 aromatic carbocycles. The smallest absolute Gasteiger partial charge is 0.193 e. The summed E-state index contributed by atoms with van der Waals surface area (Å²) in [6, 6.07) is 5.60. The summed E-state index contributed by atoms with van der Waals surface area (Å²) in [4.78, 5) is 15.8. The van der Waals surface area contributed by atoms with Gasteiger partial charge >= 0.3 is 0 Å². The maximum absolute atomic E-state index is 12.5. The number of nitrogens with one attached hydrogen (secondary N) is 1. The number of aromatic nitrogens is 1. The largest absolute Gasteiger partial charge is 0.492 e. The number of hydrogen-bond donors (Lipinski definition) is 1. The number of aryl methyl sites for hydroxylation is 1. The number of H-pyrrole nitrogens is 1. The zero-order valence-corrected chi connectivity index (χ0v) is 11.3. The van der Waals surface area contributed by atoms with E-state index >= 15 is 0 Å². The van der Waals surface area contributed by atoms with Crippen LogP contribution in [0.1, 0.15) is 37.9 Å². The van der Waals surface area contributed by atoms with Crippen molar-refractivity contribution in [3.63, 3.8) is 0 Å². The highest BCUT2D eigenvalue weighted by Gasteiger charge is 2.14. The Labute approximate surface area is 107 Å². The molecule has 0 saturated carbocycles. The summed E-state index contributed by atoms with van der Waals surface area (Å²) in [6.07, 6.45) is 0. The molecule has 0 amide bonds. The van der Waals surface area contributed by atoms with E-state index in [1.807, 2.05) is 45.9 Å². The lowest BCUT2D eigenvalue weighted by atomic mass is 9.99. The minimum absolute atomic E-state index is 0.109. The molecule has 2 aromatic rings. The lowest BCUT2D eigenvalue weighted by molar-refractivity contribution is 0.343. The van der Waals surface area contributed by atoms with Gasteiger partial charge in [-0.2, -0.15) is 0 Å². The van der Waals surface area contributed by atoms with E-state index in [4.69, 9.17) is 4.74 Å². The van der Waals surface area contributed by atoms with Crippen molar-refractivity contribution < 1.29 is 4.74 Å². The molecule has 96 valence electrons. The third-order valence-electron chi connectivity index (χ3n) is 3.11. The van der Waals surface area contributed by atoms with Gasteiger partial charge in [0.25, 0.3) is 0 Å². The molecule has 0 atom stereocenters. The van der Waals surface area contributed by atoms with Crippen LogP contribution in [0.5, 0.6) is 5.75 Å². The lowest BCUT2D eigenvalue weighted by Gasteiger charge is -2.13. The van der Waals surface area contributed by atoms with Crippen LogP contribution >= 0.6 is 0 Å². The quantitative estimate of drug-likeness (QED) is 0.901. The first kappa shape index (κ1) is 12.7. The Bertz CT molecular complexity index is 626. The molecule has 18 heavy (non-hydrogen) atoms. The highest BCUT2D eigenvalue weighted by Crippen LogP contribution is 2.24. The van der Waals surface area contributed by atoms with Gasteiger partial charge in [-0.15, -0.1) is 0 Å². The van der Waals surface area contributed by atoms with Gasteiger partial charge in [-0.1, -0.05) is 19.9 Å². The number of fused-ring (bicyclic) bond motifs is 1. The van der Waals surface area contributed by atoms with Gasteiger partial charge in [0.05, 0.1) is 12.1 Å². The van der Waals surface area contributed by atoms with Gasteiger partial charge in [-0.25, -0.2) is 0 Å². The van der Waals surface area contributed by atoms with Crippen LogP contribution in [0, 0.1) is 6.92 Å². The highest BCUT2D eigenvalue weighted by molar-refractivity contribution is 5.85. The fraction of sp³-hybridized carbons (Fsp3) is 0.400.